The average Bonchev–Trinajstić information content (AvgIpc) is 3.56. The Bertz CT molecular complexity index is 1240. The molecule has 6 rings (SSSR count). The second kappa shape index (κ2) is 8.07. The molecular weight excluding hydrogens is 511 g/mol. The quantitative estimate of drug-likeness (QED) is 0.499. The summed E-state index contributed by atoms with van der Waals surface area (Å²) in [5.41, 5.74) is -5.19. The predicted octanol–water partition coefficient (Wildman–Crippen LogP) is 2.69. The van der Waals surface area contributed by atoms with Gasteiger partial charge in [0.2, 0.25) is 5.78 Å². The molecule has 212 valence electrons. The SMILES string of the molecule is CC1(C)O[C@@H]2C[C@H]3[C@@H]4CCC5=CC(=O)C=C[C@]5(C)[C@@]4(F)[C@@H](O)C[C@]3(C)[C@]2(C(=O)COC(=O)C2CC2C(=O)O)O1. The van der Waals surface area contributed by atoms with Gasteiger partial charge in [-0.3, -0.25) is 19.2 Å². The van der Waals surface area contributed by atoms with E-state index >= 15 is 4.39 Å². The van der Waals surface area contributed by atoms with Crippen LogP contribution in [0.1, 0.15) is 59.8 Å². The highest BCUT2D eigenvalue weighted by Gasteiger charge is 2.80. The number of ether oxygens (including phenoxy) is 3. The molecule has 2 unspecified atom stereocenters. The van der Waals surface area contributed by atoms with E-state index in [1.54, 1.807) is 26.8 Å². The first-order valence-corrected chi connectivity index (χ1v) is 13.7. The highest BCUT2D eigenvalue weighted by Crippen LogP contribution is 2.72. The summed E-state index contributed by atoms with van der Waals surface area (Å²) in [5, 5.41) is 20.7. The van der Waals surface area contributed by atoms with Crippen LogP contribution in [0.25, 0.3) is 0 Å². The van der Waals surface area contributed by atoms with Crippen molar-refractivity contribution in [2.24, 2.45) is 34.5 Å². The van der Waals surface area contributed by atoms with Crippen molar-refractivity contribution in [2.45, 2.75) is 89.1 Å². The minimum atomic E-state index is -2.07. The topological polar surface area (TPSA) is 136 Å². The Hall–Kier alpha value is -2.43. The van der Waals surface area contributed by atoms with Crippen LogP contribution >= 0.6 is 0 Å². The van der Waals surface area contributed by atoms with E-state index in [9.17, 15) is 24.3 Å². The standard InChI is InChI=1S/C29H35FO9/c1-25(2)38-22-11-19-18-6-5-14-9-15(31)7-8-26(14,3)28(18,30)20(32)12-27(19,4)29(22,39-25)21(33)13-37-24(36)17-10-16(17)23(34)35/h7-9,16-20,22,32H,5-6,10-13H2,1-4H3,(H,34,35)/t16?,17?,18-,19-,20-,22+,26-,27-,28-,29+/m0/s1. The van der Waals surface area contributed by atoms with Crippen molar-refractivity contribution in [3.05, 3.63) is 23.8 Å². The van der Waals surface area contributed by atoms with Gasteiger partial charge in [0.15, 0.2) is 29.4 Å². The monoisotopic (exact) mass is 546 g/mol. The number of carbonyl (C=O) groups is 4. The van der Waals surface area contributed by atoms with Gasteiger partial charge in [0.1, 0.15) is 0 Å². The number of hydrogen-bond donors (Lipinski definition) is 2. The molecular formula is C29H35FO9. The molecule has 6 aliphatic rings. The van der Waals surface area contributed by atoms with Crippen LogP contribution in [0.3, 0.4) is 0 Å². The summed E-state index contributed by atoms with van der Waals surface area (Å²) in [4.78, 5) is 49.7. The van der Waals surface area contributed by atoms with E-state index in [-0.39, 0.29) is 18.6 Å². The molecule has 10 atom stereocenters. The minimum absolute atomic E-state index is 0.0886. The Morgan fingerprint density at radius 3 is 2.51 bits per heavy atom. The Kier molecular flexibility index (Phi) is 5.54. The molecule has 0 aromatic heterocycles. The Labute approximate surface area is 225 Å². The van der Waals surface area contributed by atoms with Gasteiger partial charge in [0.25, 0.3) is 0 Å². The second-order valence-electron chi connectivity index (χ2n) is 13.2. The van der Waals surface area contributed by atoms with Crippen LogP contribution in [0.5, 0.6) is 0 Å². The Balaban J connectivity index is 1.33. The largest absolute Gasteiger partial charge is 0.481 e. The van der Waals surface area contributed by atoms with E-state index in [2.05, 4.69) is 0 Å². The first kappa shape index (κ1) is 26.8. The molecule has 0 amide bonds. The van der Waals surface area contributed by atoms with E-state index in [0.717, 1.165) is 0 Å². The number of halogens is 1. The van der Waals surface area contributed by atoms with Gasteiger partial charge in [-0.2, -0.15) is 0 Å². The maximum atomic E-state index is 17.4. The van der Waals surface area contributed by atoms with E-state index in [0.29, 0.717) is 24.8 Å². The Morgan fingerprint density at radius 2 is 1.85 bits per heavy atom. The summed E-state index contributed by atoms with van der Waals surface area (Å²) in [7, 11) is 0. The third-order valence-electron chi connectivity index (χ3n) is 10.8. The number of esters is 1. The number of carboxylic acids is 1. The maximum Gasteiger partial charge on any atom is 0.310 e. The zero-order valence-corrected chi connectivity index (χ0v) is 22.6. The van der Waals surface area contributed by atoms with Gasteiger partial charge in [-0.05, 0) is 70.9 Å². The van der Waals surface area contributed by atoms with Crippen LogP contribution in [0.4, 0.5) is 4.39 Å². The van der Waals surface area contributed by atoms with Crippen molar-refractivity contribution in [1.82, 2.24) is 0 Å². The number of fused-ring (bicyclic) bond motifs is 7. The van der Waals surface area contributed by atoms with E-state index in [4.69, 9.17) is 19.3 Å². The number of ketones is 2. The summed E-state index contributed by atoms with van der Waals surface area (Å²) in [6.07, 6.45) is 3.50. The fourth-order valence-corrected chi connectivity index (χ4v) is 8.89. The van der Waals surface area contributed by atoms with Gasteiger partial charge in [-0.25, -0.2) is 4.39 Å². The number of hydrogen-bond acceptors (Lipinski definition) is 8. The van der Waals surface area contributed by atoms with Gasteiger partial charge in [0, 0.05) is 16.7 Å². The summed E-state index contributed by atoms with van der Waals surface area (Å²) >= 11 is 0. The van der Waals surface area contributed by atoms with Crippen molar-refractivity contribution < 1.29 is 48.0 Å². The molecule has 1 heterocycles. The van der Waals surface area contributed by atoms with Crippen LogP contribution in [0.2, 0.25) is 0 Å². The molecule has 0 spiro atoms. The van der Waals surface area contributed by atoms with Crippen LogP contribution in [-0.2, 0) is 33.4 Å². The molecule has 0 aromatic rings. The lowest BCUT2D eigenvalue weighted by Gasteiger charge is -2.62. The zero-order valence-electron chi connectivity index (χ0n) is 22.6. The molecule has 10 heteroatoms. The highest BCUT2D eigenvalue weighted by atomic mass is 19.1. The molecule has 1 aliphatic heterocycles. The smallest absolute Gasteiger partial charge is 0.310 e. The van der Waals surface area contributed by atoms with Gasteiger partial charge in [0.05, 0.1) is 24.0 Å². The molecule has 2 N–H and O–H groups in total. The third kappa shape index (κ3) is 3.34. The molecule has 9 nitrogen and oxygen atoms in total. The fraction of sp³-hybridized carbons (Fsp3) is 0.724. The zero-order chi connectivity index (χ0) is 28.3. The molecule has 1 saturated heterocycles. The fourth-order valence-electron chi connectivity index (χ4n) is 8.89. The predicted molar refractivity (Wildman–Crippen MR) is 132 cm³/mol. The number of allylic oxidation sites excluding steroid dienone is 4. The highest BCUT2D eigenvalue weighted by molar-refractivity contribution is 6.01. The Morgan fingerprint density at radius 1 is 1.13 bits per heavy atom. The van der Waals surface area contributed by atoms with Gasteiger partial charge >= 0.3 is 11.9 Å². The molecule has 0 aromatic carbocycles. The first-order valence-electron chi connectivity index (χ1n) is 13.7. The van der Waals surface area contributed by atoms with E-state index < -0.39 is 88.1 Å². The first-order chi connectivity index (χ1) is 18.1. The van der Waals surface area contributed by atoms with Crippen LogP contribution in [-0.4, -0.2) is 69.6 Å². The number of aliphatic carboxylic acids is 1. The second-order valence-corrected chi connectivity index (χ2v) is 13.2. The lowest BCUT2D eigenvalue weighted by Crippen LogP contribution is -2.70. The van der Waals surface area contributed by atoms with Gasteiger partial charge in [-0.1, -0.05) is 18.6 Å². The van der Waals surface area contributed by atoms with Crippen LogP contribution in [0.15, 0.2) is 23.8 Å². The molecule has 39 heavy (non-hydrogen) atoms. The number of aliphatic hydroxyl groups excluding tert-OH is 1. The molecule has 0 radical (unpaired) electrons. The summed E-state index contributed by atoms with van der Waals surface area (Å²) in [5.74, 6) is -6.31. The summed E-state index contributed by atoms with van der Waals surface area (Å²) < 4.78 is 35.4. The normalized spacial score (nSPS) is 48.8. The maximum absolute atomic E-state index is 17.4. The number of carboxylic acid groups (broad SMARTS) is 1. The van der Waals surface area contributed by atoms with Crippen LogP contribution in [0, 0.1) is 34.5 Å². The lowest BCUT2D eigenvalue weighted by atomic mass is 9.44. The minimum Gasteiger partial charge on any atom is -0.481 e. The number of rotatable bonds is 5. The summed E-state index contributed by atoms with van der Waals surface area (Å²) in [6, 6.07) is 0. The van der Waals surface area contributed by atoms with E-state index in [1.807, 2.05) is 6.92 Å². The third-order valence-corrected chi connectivity index (χ3v) is 10.8. The van der Waals surface area contributed by atoms with E-state index in [1.165, 1.54) is 12.2 Å². The number of carbonyl (C=O) groups excluding carboxylic acids is 3. The molecule has 5 aliphatic carbocycles. The molecule has 4 saturated carbocycles. The van der Waals surface area contributed by atoms with Crippen molar-refractivity contribution >= 4 is 23.5 Å². The molecule has 5 fully saturated rings. The molecule has 0 bridgehead atoms. The summed E-state index contributed by atoms with van der Waals surface area (Å²) in [6.45, 7) is 6.31. The number of Topliss-reactive ketones (excluding diaryl/α,β-unsaturated/α-hetero) is 1. The lowest BCUT2D eigenvalue weighted by molar-refractivity contribution is -0.246. The van der Waals surface area contributed by atoms with Gasteiger partial charge in [-0.15, -0.1) is 0 Å². The van der Waals surface area contributed by atoms with Crippen molar-refractivity contribution in [1.29, 1.82) is 0 Å². The van der Waals surface area contributed by atoms with Crippen LogP contribution < -0.4 is 0 Å². The van der Waals surface area contributed by atoms with Crippen molar-refractivity contribution in [3.8, 4) is 0 Å². The van der Waals surface area contributed by atoms with Crippen molar-refractivity contribution in [2.75, 3.05) is 6.61 Å². The average molecular weight is 547 g/mol. The number of aliphatic hydroxyl groups is 1. The van der Waals surface area contributed by atoms with Crippen molar-refractivity contribution in [3.63, 3.8) is 0 Å². The van der Waals surface area contributed by atoms with Gasteiger partial charge < -0.3 is 24.4 Å². The number of alkyl halides is 1.